The third kappa shape index (κ3) is 6.45. The molecule has 0 saturated carbocycles. The Morgan fingerprint density at radius 1 is 0.943 bits per heavy atom. The van der Waals surface area contributed by atoms with Crippen LogP contribution in [-0.4, -0.2) is 48.4 Å². The Morgan fingerprint density at radius 2 is 1.57 bits per heavy atom. The lowest BCUT2D eigenvalue weighted by atomic mass is 10.1. The smallest absolute Gasteiger partial charge is 0.253 e. The molecule has 0 bridgehead atoms. The van der Waals surface area contributed by atoms with Gasteiger partial charge in [-0.3, -0.25) is 9.69 Å². The first kappa shape index (κ1) is 25.3. The summed E-state index contributed by atoms with van der Waals surface area (Å²) in [6, 6.07) is 18.8. The standard InChI is InChI=1S/C28H29ClF2N2O2/c1-2-20-6-8-22(9-7-20)28(34)33-16-14-32(15-17-33)18-27(21-10-12-23(29)13-11-21)35-19-24-25(30)4-3-5-26(24)31/h3-13,27H,2,14-19H2,1H3. The molecule has 0 spiro atoms. The number of rotatable bonds is 8. The Labute approximate surface area is 210 Å². The number of hydrogen-bond acceptors (Lipinski definition) is 3. The van der Waals surface area contributed by atoms with Crippen LogP contribution in [0, 0.1) is 11.6 Å². The lowest BCUT2D eigenvalue weighted by Gasteiger charge is -2.36. The van der Waals surface area contributed by atoms with Gasteiger partial charge in [-0.15, -0.1) is 0 Å². The van der Waals surface area contributed by atoms with Crippen LogP contribution >= 0.6 is 11.6 Å². The minimum absolute atomic E-state index is 0.0350. The number of carbonyl (C=O) groups is 1. The zero-order valence-corrected chi connectivity index (χ0v) is 20.5. The molecule has 1 fully saturated rings. The monoisotopic (exact) mass is 498 g/mol. The van der Waals surface area contributed by atoms with Crippen LogP contribution in [0.5, 0.6) is 0 Å². The molecule has 4 nitrogen and oxygen atoms in total. The van der Waals surface area contributed by atoms with Crippen LogP contribution in [0.15, 0.2) is 66.7 Å². The van der Waals surface area contributed by atoms with Crippen molar-refractivity contribution in [3.63, 3.8) is 0 Å². The highest BCUT2D eigenvalue weighted by Crippen LogP contribution is 2.25. The van der Waals surface area contributed by atoms with Gasteiger partial charge in [0.1, 0.15) is 11.6 Å². The Kier molecular flexibility index (Phi) is 8.50. The van der Waals surface area contributed by atoms with E-state index in [1.54, 1.807) is 12.1 Å². The van der Waals surface area contributed by atoms with Gasteiger partial charge in [0.2, 0.25) is 0 Å². The zero-order chi connectivity index (χ0) is 24.8. The number of ether oxygens (including phenoxy) is 1. The third-order valence-electron chi connectivity index (χ3n) is 6.42. The second-order valence-corrected chi connectivity index (χ2v) is 9.13. The zero-order valence-electron chi connectivity index (χ0n) is 19.7. The van der Waals surface area contributed by atoms with Gasteiger partial charge in [-0.1, -0.05) is 48.9 Å². The maximum Gasteiger partial charge on any atom is 0.253 e. The van der Waals surface area contributed by atoms with Gasteiger partial charge >= 0.3 is 0 Å². The molecule has 1 aliphatic heterocycles. The van der Waals surface area contributed by atoms with Crippen LogP contribution in [0.4, 0.5) is 8.78 Å². The maximum atomic E-state index is 14.1. The van der Waals surface area contributed by atoms with Gasteiger partial charge in [0.25, 0.3) is 5.91 Å². The molecule has 0 radical (unpaired) electrons. The molecule has 184 valence electrons. The van der Waals surface area contributed by atoms with Gasteiger partial charge in [-0.25, -0.2) is 8.78 Å². The molecular formula is C28H29ClF2N2O2. The summed E-state index contributed by atoms with van der Waals surface area (Å²) < 4.78 is 34.3. The van der Waals surface area contributed by atoms with Crippen molar-refractivity contribution in [3.8, 4) is 0 Å². The number of nitrogens with zero attached hydrogens (tertiary/aromatic N) is 2. The highest BCUT2D eigenvalue weighted by Gasteiger charge is 2.25. The van der Waals surface area contributed by atoms with Gasteiger partial charge in [-0.05, 0) is 53.9 Å². The number of halogens is 3. The number of piperazine rings is 1. The summed E-state index contributed by atoms with van der Waals surface area (Å²) in [6.07, 6.45) is 0.531. The van der Waals surface area contributed by atoms with E-state index in [-0.39, 0.29) is 18.1 Å². The van der Waals surface area contributed by atoms with E-state index in [1.165, 1.54) is 23.8 Å². The predicted molar refractivity (Wildman–Crippen MR) is 134 cm³/mol. The van der Waals surface area contributed by atoms with Gasteiger partial charge in [-0.2, -0.15) is 0 Å². The van der Waals surface area contributed by atoms with Gasteiger partial charge in [0.15, 0.2) is 0 Å². The molecular weight excluding hydrogens is 470 g/mol. The van der Waals surface area contributed by atoms with Gasteiger partial charge < -0.3 is 9.64 Å². The molecule has 3 aromatic carbocycles. The summed E-state index contributed by atoms with van der Waals surface area (Å²) in [7, 11) is 0. The highest BCUT2D eigenvalue weighted by atomic mass is 35.5. The van der Waals surface area contributed by atoms with Crippen LogP contribution in [0.2, 0.25) is 5.02 Å². The Morgan fingerprint density at radius 3 is 2.17 bits per heavy atom. The minimum atomic E-state index is -0.626. The second kappa shape index (κ2) is 11.8. The van der Waals surface area contributed by atoms with Crippen LogP contribution < -0.4 is 0 Å². The van der Waals surface area contributed by atoms with E-state index < -0.39 is 17.7 Å². The SMILES string of the molecule is CCc1ccc(C(=O)N2CCN(CC(OCc3c(F)cccc3F)c3ccc(Cl)cc3)CC2)cc1. The molecule has 35 heavy (non-hydrogen) atoms. The van der Waals surface area contributed by atoms with Crippen molar-refractivity contribution >= 4 is 17.5 Å². The van der Waals surface area contributed by atoms with Crippen molar-refractivity contribution in [3.05, 3.63) is 106 Å². The van der Waals surface area contributed by atoms with Crippen molar-refractivity contribution in [1.29, 1.82) is 0 Å². The molecule has 1 heterocycles. The van der Waals surface area contributed by atoms with E-state index in [2.05, 4.69) is 11.8 Å². The molecule has 0 aliphatic carbocycles. The first-order valence-electron chi connectivity index (χ1n) is 11.8. The molecule has 0 aromatic heterocycles. The molecule has 1 amide bonds. The second-order valence-electron chi connectivity index (χ2n) is 8.69. The lowest BCUT2D eigenvalue weighted by molar-refractivity contribution is 0.00145. The van der Waals surface area contributed by atoms with E-state index in [9.17, 15) is 13.6 Å². The van der Waals surface area contributed by atoms with E-state index in [0.29, 0.717) is 43.3 Å². The molecule has 4 rings (SSSR count). The van der Waals surface area contributed by atoms with E-state index >= 15 is 0 Å². The van der Waals surface area contributed by atoms with Crippen molar-refractivity contribution < 1.29 is 18.3 Å². The van der Waals surface area contributed by atoms with Crippen LogP contribution in [0.25, 0.3) is 0 Å². The fraction of sp³-hybridized carbons (Fsp3) is 0.321. The predicted octanol–water partition coefficient (Wildman–Crippen LogP) is 5.90. The number of amides is 1. The quantitative estimate of drug-likeness (QED) is 0.388. The number of carbonyl (C=O) groups excluding carboxylic acids is 1. The van der Waals surface area contributed by atoms with Crippen molar-refractivity contribution in [2.75, 3.05) is 32.7 Å². The Balaban J connectivity index is 1.40. The van der Waals surface area contributed by atoms with Crippen molar-refractivity contribution in [1.82, 2.24) is 9.80 Å². The first-order valence-corrected chi connectivity index (χ1v) is 12.2. The summed E-state index contributed by atoms with van der Waals surface area (Å²) in [5.74, 6) is -1.22. The van der Waals surface area contributed by atoms with Gasteiger partial charge in [0.05, 0.1) is 12.7 Å². The molecule has 0 N–H and O–H groups in total. The molecule has 7 heteroatoms. The van der Waals surface area contributed by atoms with Crippen LogP contribution in [0.1, 0.15) is 40.1 Å². The Hall–Kier alpha value is -2.80. The minimum Gasteiger partial charge on any atom is -0.367 e. The normalized spacial score (nSPS) is 15.3. The first-order chi connectivity index (χ1) is 16.9. The van der Waals surface area contributed by atoms with Crippen molar-refractivity contribution in [2.24, 2.45) is 0 Å². The Bertz CT molecular complexity index is 1110. The molecule has 1 unspecified atom stereocenters. The topological polar surface area (TPSA) is 32.8 Å². The van der Waals surface area contributed by atoms with E-state index in [1.807, 2.05) is 41.3 Å². The average Bonchev–Trinajstić information content (AvgIpc) is 2.88. The van der Waals surface area contributed by atoms with Crippen LogP contribution in [-0.2, 0) is 17.8 Å². The fourth-order valence-corrected chi connectivity index (χ4v) is 4.35. The third-order valence-corrected chi connectivity index (χ3v) is 6.68. The largest absolute Gasteiger partial charge is 0.367 e. The van der Waals surface area contributed by atoms with Crippen LogP contribution in [0.3, 0.4) is 0 Å². The van der Waals surface area contributed by atoms with E-state index in [4.69, 9.17) is 16.3 Å². The summed E-state index contributed by atoms with van der Waals surface area (Å²) in [4.78, 5) is 17.0. The summed E-state index contributed by atoms with van der Waals surface area (Å²) >= 11 is 6.05. The van der Waals surface area contributed by atoms with E-state index in [0.717, 1.165) is 12.0 Å². The van der Waals surface area contributed by atoms with Gasteiger partial charge in [0, 0.05) is 48.9 Å². The lowest BCUT2D eigenvalue weighted by Crippen LogP contribution is -2.49. The molecule has 1 saturated heterocycles. The maximum absolute atomic E-state index is 14.1. The summed E-state index contributed by atoms with van der Waals surface area (Å²) in [5.41, 5.74) is 2.69. The number of benzene rings is 3. The molecule has 3 aromatic rings. The fourth-order valence-electron chi connectivity index (χ4n) is 4.22. The summed E-state index contributed by atoms with van der Waals surface area (Å²) in [5, 5.41) is 0.603. The average molecular weight is 499 g/mol. The summed E-state index contributed by atoms with van der Waals surface area (Å²) in [6.45, 7) is 5.00. The highest BCUT2D eigenvalue weighted by molar-refractivity contribution is 6.30. The molecule has 1 aliphatic rings. The number of aryl methyl sites for hydroxylation is 1. The number of hydrogen-bond donors (Lipinski definition) is 0. The molecule has 1 atom stereocenters. The van der Waals surface area contributed by atoms with Crippen molar-refractivity contribution in [2.45, 2.75) is 26.1 Å².